The first-order valence-electron chi connectivity index (χ1n) is 7.03. The monoisotopic (exact) mass is 312 g/mol. The molecule has 116 valence electrons. The van der Waals surface area contributed by atoms with E-state index in [4.69, 9.17) is 4.74 Å². The second-order valence-corrected chi connectivity index (χ2v) is 6.62. The van der Waals surface area contributed by atoms with Gasteiger partial charge >= 0.3 is 5.97 Å². The Balaban J connectivity index is 2.07. The molecule has 1 atom stereocenters. The highest BCUT2D eigenvalue weighted by Crippen LogP contribution is 2.13. The van der Waals surface area contributed by atoms with E-state index in [1.165, 1.54) is 24.3 Å². The number of hydrogen-bond acceptors (Lipinski definition) is 5. The van der Waals surface area contributed by atoms with E-state index in [1.807, 2.05) is 0 Å². The van der Waals surface area contributed by atoms with Crippen molar-refractivity contribution in [3.8, 4) is 0 Å². The maximum atomic E-state index is 12.3. The first kappa shape index (κ1) is 15.9. The minimum atomic E-state index is -3.56. The molecule has 0 radical (unpaired) electrons. The van der Waals surface area contributed by atoms with Crippen molar-refractivity contribution in [1.82, 2.24) is 10.0 Å². The first-order valence-corrected chi connectivity index (χ1v) is 8.51. The zero-order chi connectivity index (χ0) is 15.3. The van der Waals surface area contributed by atoms with Gasteiger partial charge in [-0.3, -0.25) is 0 Å². The molecule has 21 heavy (non-hydrogen) atoms. The minimum Gasteiger partial charge on any atom is -0.462 e. The summed E-state index contributed by atoms with van der Waals surface area (Å²) in [6.07, 6.45) is 1.78. The van der Waals surface area contributed by atoms with Gasteiger partial charge in [0.05, 0.1) is 17.1 Å². The summed E-state index contributed by atoms with van der Waals surface area (Å²) in [5.41, 5.74) is 0.343. The molecule has 1 aromatic carbocycles. The van der Waals surface area contributed by atoms with Gasteiger partial charge in [0.2, 0.25) is 10.0 Å². The van der Waals surface area contributed by atoms with Gasteiger partial charge in [0.25, 0.3) is 0 Å². The number of nitrogens with one attached hydrogen (secondary N) is 2. The minimum absolute atomic E-state index is 0.0894. The fraction of sp³-hybridized carbons (Fsp3) is 0.500. The van der Waals surface area contributed by atoms with Crippen LogP contribution < -0.4 is 10.0 Å². The van der Waals surface area contributed by atoms with Crippen LogP contribution in [-0.4, -0.2) is 40.1 Å². The Morgan fingerprint density at radius 3 is 2.67 bits per heavy atom. The molecule has 0 spiro atoms. The van der Waals surface area contributed by atoms with Crippen LogP contribution in [0.15, 0.2) is 29.2 Å². The molecule has 0 saturated carbocycles. The summed E-state index contributed by atoms with van der Waals surface area (Å²) in [5, 5.41) is 3.16. The largest absolute Gasteiger partial charge is 0.462 e. The molecule has 0 aromatic heterocycles. The summed E-state index contributed by atoms with van der Waals surface area (Å²) in [6, 6.07) is 5.68. The summed E-state index contributed by atoms with van der Waals surface area (Å²) in [6.45, 7) is 3.57. The molecule has 0 amide bonds. The lowest BCUT2D eigenvalue weighted by molar-refractivity contribution is 0.0526. The van der Waals surface area contributed by atoms with E-state index < -0.39 is 16.0 Å². The fourth-order valence-electron chi connectivity index (χ4n) is 2.22. The number of sulfonamides is 1. The van der Waals surface area contributed by atoms with Crippen molar-refractivity contribution in [3.63, 3.8) is 0 Å². The third kappa shape index (κ3) is 4.26. The Labute approximate surface area is 124 Å². The molecule has 1 saturated heterocycles. The third-order valence-electron chi connectivity index (χ3n) is 3.29. The molecular formula is C14H20N2O4S. The zero-order valence-electron chi connectivity index (χ0n) is 12.0. The number of piperidine rings is 1. The number of hydrogen-bond donors (Lipinski definition) is 2. The Morgan fingerprint density at radius 2 is 2.10 bits per heavy atom. The topological polar surface area (TPSA) is 84.5 Å². The Kier molecular flexibility index (Phi) is 5.33. The highest BCUT2D eigenvalue weighted by Gasteiger charge is 2.21. The van der Waals surface area contributed by atoms with Crippen LogP contribution in [0.25, 0.3) is 0 Å². The van der Waals surface area contributed by atoms with E-state index in [0.717, 1.165) is 19.4 Å². The predicted molar refractivity (Wildman–Crippen MR) is 78.6 cm³/mol. The van der Waals surface area contributed by atoms with Gasteiger partial charge in [-0.2, -0.15) is 0 Å². The highest BCUT2D eigenvalue weighted by atomic mass is 32.2. The lowest BCUT2D eigenvalue weighted by Gasteiger charge is -2.23. The maximum Gasteiger partial charge on any atom is 0.338 e. The average Bonchev–Trinajstić information content (AvgIpc) is 2.48. The van der Waals surface area contributed by atoms with Gasteiger partial charge in [0, 0.05) is 12.6 Å². The van der Waals surface area contributed by atoms with Crippen LogP contribution in [0.1, 0.15) is 30.1 Å². The van der Waals surface area contributed by atoms with Gasteiger partial charge in [-0.25, -0.2) is 17.9 Å². The van der Waals surface area contributed by atoms with E-state index in [2.05, 4.69) is 10.0 Å². The van der Waals surface area contributed by atoms with Gasteiger partial charge in [-0.15, -0.1) is 0 Å². The van der Waals surface area contributed by atoms with Gasteiger partial charge < -0.3 is 10.1 Å². The number of carbonyl (C=O) groups excluding carboxylic acids is 1. The summed E-state index contributed by atoms with van der Waals surface area (Å²) >= 11 is 0. The average molecular weight is 312 g/mol. The Bertz CT molecular complexity index is 577. The molecule has 0 bridgehead atoms. The number of rotatable bonds is 5. The van der Waals surface area contributed by atoms with Crippen LogP contribution in [0.3, 0.4) is 0 Å². The van der Waals surface area contributed by atoms with Crippen LogP contribution >= 0.6 is 0 Å². The Hall–Kier alpha value is -1.44. The zero-order valence-corrected chi connectivity index (χ0v) is 12.8. The third-order valence-corrected chi connectivity index (χ3v) is 4.83. The van der Waals surface area contributed by atoms with Crippen LogP contribution in [0.5, 0.6) is 0 Å². The number of benzene rings is 1. The number of esters is 1. The smallest absolute Gasteiger partial charge is 0.338 e. The quantitative estimate of drug-likeness (QED) is 0.789. The molecule has 6 nitrogen and oxygen atoms in total. The summed E-state index contributed by atoms with van der Waals surface area (Å²) in [7, 11) is -3.56. The van der Waals surface area contributed by atoms with Crippen molar-refractivity contribution in [2.24, 2.45) is 0 Å². The van der Waals surface area contributed by atoms with Crippen molar-refractivity contribution in [3.05, 3.63) is 29.8 Å². The lowest BCUT2D eigenvalue weighted by atomic mass is 10.1. The molecule has 7 heteroatoms. The van der Waals surface area contributed by atoms with Crippen LogP contribution in [0.4, 0.5) is 0 Å². The van der Waals surface area contributed by atoms with Crippen molar-refractivity contribution >= 4 is 16.0 Å². The summed E-state index contributed by atoms with van der Waals surface area (Å²) in [4.78, 5) is 11.7. The second kappa shape index (κ2) is 7.02. The van der Waals surface area contributed by atoms with Gasteiger partial charge in [0.15, 0.2) is 0 Å². The highest BCUT2D eigenvalue weighted by molar-refractivity contribution is 7.89. The standard InChI is InChI=1S/C14H20N2O4S/c1-2-20-14(17)11-5-7-13(8-6-11)21(18,19)16-12-4-3-9-15-10-12/h5-8,12,15-16H,2-4,9-10H2,1H3/t12-/m0/s1. The van der Waals surface area contributed by atoms with Crippen LogP contribution in [-0.2, 0) is 14.8 Å². The van der Waals surface area contributed by atoms with Crippen LogP contribution in [0.2, 0.25) is 0 Å². The molecule has 1 aliphatic heterocycles. The lowest BCUT2D eigenvalue weighted by Crippen LogP contribution is -2.45. The van der Waals surface area contributed by atoms with E-state index in [0.29, 0.717) is 12.1 Å². The van der Waals surface area contributed by atoms with Crippen molar-refractivity contribution in [1.29, 1.82) is 0 Å². The van der Waals surface area contributed by atoms with Crippen LogP contribution in [0, 0.1) is 0 Å². The fourth-order valence-corrected chi connectivity index (χ4v) is 3.49. The second-order valence-electron chi connectivity index (χ2n) is 4.91. The number of ether oxygens (including phenoxy) is 1. The molecular weight excluding hydrogens is 292 g/mol. The molecule has 2 N–H and O–H groups in total. The molecule has 0 aliphatic carbocycles. The Morgan fingerprint density at radius 1 is 1.38 bits per heavy atom. The molecule has 1 aromatic rings. The van der Waals surface area contributed by atoms with Gasteiger partial charge in [-0.1, -0.05) is 0 Å². The first-order chi connectivity index (χ1) is 10.0. The van der Waals surface area contributed by atoms with E-state index in [9.17, 15) is 13.2 Å². The van der Waals surface area contributed by atoms with Crippen molar-refractivity contribution < 1.29 is 17.9 Å². The van der Waals surface area contributed by atoms with E-state index in [1.54, 1.807) is 6.92 Å². The van der Waals surface area contributed by atoms with E-state index in [-0.39, 0.29) is 17.5 Å². The van der Waals surface area contributed by atoms with Gasteiger partial charge in [-0.05, 0) is 50.6 Å². The molecule has 1 aliphatic rings. The van der Waals surface area contributed by atoms with Gasteiger partial charge in [0.1, 0.15) is 0 Å². The SMILES string of the molecule is CCOC(=O)c1ccc(S(=O)(=O)N[C@H]2CCCNC2)cc1. The molecule has 2 rings (SSSR count). The molecule has 0 unspecified atom stereocenters. The molecule has 1 fully saturated rings. The summed E-state index contributed by atoms with van der Waals surface area (Å²) < 4.78 is 32.0. The molecule has 1 heterocycles. The van der Waals surface area contributed by atoms with E-state index >= 15 is 0 Å². The van der Waals surface area contributed by atoms with Crippen molar-refractivity contribution in [2.45, 2.75) is 30.7 Å². The summed E-state index contributed by atoms with van der Waals surface area (Å²) in [5.74, 6) is -0.453. The van der Waals surface area contributed by atoms with Crippen molar-refractivity contribution in [2.75, 3.05) is 19.7 Å². The normalized spacial score (nSPS) is 19.2. The predicted octanol–water partition coefficient (Wildman–Crippen LogP) is 0.894. The number of carbonyl (C=O) groups is 1. The maximum absolute atomic E-state index is 12.3.